The number of Topliss-reactive ketones (excluding diaryl/α,β-unsaturated/α-hetero) is 1. The number of hydrogen-bond acceptors (Lipinski definition) is 6. The highest BCUT2D eigenvalue weighted by Gasteiger charge is 2.27. The molecule has 4 N–H and O–H groups in total. The van der Waals surface area contributed by atoms with Crippen LogP contribution in [0.15, 0.2) is 24.3 Å². The highest BCUT2D eigenvalue weighted by atomic mass is 127. The van der Waals surface area contributed by atoms with Gasteiger partial charge in [-0.15, -0.1) is 0 Å². The highest BCUT2D eigenvalue weighted by molar-refractivity contribution is 14.1. The molecular weight excluding hydrogens is 543 g/mol. The zero-order chi connectivity index (χ0) is 25.0. The number of carbonyl (C=O) groups is 5. The standard InChI is InChI=1S/C22H31IN4O6/c1-13(2)19(27-22(32)24-10-9-18(29)11-23)21(31)25-14(3)20(30)26-17-7-5-16(6-8-17)12-33-15(4)28/h5-8,13-14,19H,9-12H2,1-4H3,(H,25,31)(H,26,30)(H2,24,27,32)/t14-,19-/m0/s1. The third kappa shape index (κ3) is 11.1. The third-order valence-corrected chi connectivity index (χ3v) is 5.34. The van der Waals surface area contributed by atoms with Crippen molar-refractivity contribution in [2.45, 2.75) is 52.8 Å². The first kappa shape index (κ1) is 28.3. The number of ether oxygens (including phenoxy) is 1. The van der Waals surface area contributed by atoms with Crippen molar-refractivity contribution >= 4 is 57.9 Å². The van der Waals surface area contributed by atoms with Gasteiger partial charge in [0.25, 0.3) is 0 Å². The molecule has 0 spiro atoms. The Labute approximate surface area is 207 Å². The summed E-state index contributed by atoms with van der Waals surface area (Å²) in [6.45, 7) is 6.72. The summed E-state index contributed by atoms with van der Waals surface area (Å²) in [5.74, 6) is -1.52. The number of alkyl halides is 1. The predicted octanol–water partition coefficient (Wildman–Crippen LogP) is 1.91. The van der Waals surface area contributed by atoms with Crippen molar-refractivity contribution in [3.63, 3.8) is 0 Å². The Bertz CT molecular complexity index is 844. The fourth-order valence-corrected chi connectivity index (χ4v) is 2.98. The number of urea groups is 1. The Hall–Kier alpha value is -2.70. The molecule has 0 saturated heterocycles. The molecule has 33 heavy (non-hydrogen) atoms. The van der Waals surface area contributed by atoms with Crippen LogP contribution in [0.5, 0.6) is 0 Å². The van der Waals surface area contributed by atoms with Gasteiger partial charge in [-0.1, -0.05) is 48.6 Å². The van der Waals surface area contributed by atoms with Crippen LogP contribution in [0, 0.1) is 5.92 Å². The van der Waals surface area contributed by atoms with Gasteiger partial charge in [0.15, 0.2) is 0 Å². The van der Waals surface area contributed by atoms with Crippen LogP contribution in [0.4, 0.5) is 10.5 Å². The number of carbonyl (C=O) groups excluding carboxylic acids is 5. The second-order valence-corrected chi connectivity index (χ2v) is 8.50. The fraction of sp³-hybridized carbons (Fsp3) is 0.500. The molecule has 11 heteroatoms. The minimum Gasteiger partial charge on any atom is -0.461 e. The van der Waals surface area contributed by atoms with Gasteiger partial charge in [0.1, 0.15) is 24.5 Å². The lowest BCUT2D eigenvalue weighted by atomic mass is 10.0. The molecule has 1 aromatic carbocycles. The molecule has 4 amide bonds. The molecule has 1 aromatic rings. The van der Waals surface area contributed by atoms with Crippen LogP contribution in [-0.4, -0.2) is 52.7 Å². The van der Waals surface area contributed by atoms with Crippen LogP contribution in [0.3, 0.4) is 0 Å². The van der Waals surface area contributed by atoms with E-state index in [1.807, 2.05) is 22.6 Å². The summed E-state index contributed by atoms with van der Waals surface area (Å²) in [5, 5.41) is 10.4. The summed E-state index contributed by atoms with van der Waals surface area (Å²) in [6, 6.07) is 4.48. The summed E-state index contributed by atoms with van der Waals surface area (Å²) in [4.78, 5) is 59.4. The smallest absolute Gasteiger partial charge is 0.315 e. The van der Waals surface area contributed by atoms with Crippen LogP contribution in [0.25, 0.3) is 0 Å². The van der Waals surface area contributed by atoms with Gasteiger partial charge in [0.05, 0.1) is 4.43 Å². The molecule has 182 valence electrons. The van der Waals surface area contributed by atoms with Crippen LogP contribution in [0.1, 0.15) is 39.7 Å². The minimum absolute atomic E-state index is 0.0212. The molecular formula is C22H31IN4O6. The van der Waals surface area contributed by atoms with Crippen molar-refractivity contribution in [3.8, 4) is 0 Å². The number of benzene rings is 1. The lowest BCUT2D eigenvalue weighted by molar-refractivity contribution is -0.142. The first-order chi connectivity index (χ1) is 15.5. The van der Waals surface area contributed by atoms with Gasteiger partial charge >= 0.3 is 12.0 Å². The first-order valence-electron chi connectivity index (χ1n) is 10.5. The summed E-state index contributed by atoms with van der Waals surface area (Å²) in [6.07, 6.45) is 0.219. The lowest BCUT2D eigenvalue weighted by Crippen LogP contribution is -2.55. The van der Waals surface area contributed by atoms with Crippen LogP contribution in [-0.2, 0) is 30.5 Å². The van der Waals surface area contributed by atoms with Gasteiger partial charge in [-0.25, -0.2) is 4.79 Å². The topological polar surface area (TPSA) is 143 Å². The van der Waals surface area contributed by atoms with Crippen molar-refractivity contribution in [2.75, 3.05) is 16.3 Å². The molecule has 10 nitrogen and oxygen atoms in total. The Balaban J connectivity index is 2.58. The van der Waals surface area contributed by atoms with E-state index in [1.54, 1.807) is 38.1 Å². The largest absolute Gasteiger partial charge is 0.461 e. The second-order valence-electron chi connectivity index (χ2n) is 7.74. The quantitative estimate of drug-likeness (QED) is 0.171. The van der Waals surface area contributed by atoms with E-state index < -0.39 is 29.9 Å². The fourth-order valence-electron chi connectivity index (χ4n) is 2.60. The van der Waals surface area contributed by atoms with E-state index in [0.29, 0.717) is 10.1 Å². The molecule has 0 aromatic heterocycles. The zero-order valence-corrected chi connectivity index (χ0v) is 21.4. The zero-order valence-electron chi connectivity index (χ0n) is 19.2. The average Bonchev–Trinajstić information content (AvgIpc) is 2.76. The molecule has 0 aliphatic rings. The molecule has 0 aliphatic heterocycles. The third-order valence-electron chi connectivity index (χ3n) is 4.49. The maximum absolute atomic E-state index is 12.7. The second kappa shape index (κ2) is 14.4. The number of nitrogens with one attached hydrogen (secondary N) is 4. The van der Waals surface area contributed by atoms with Crippen molar-refractivity contribution < 1.29 is 28.7 Å². The predicted molar refractivity (Wildman–Crippen MR) is 132 cm³/mol. The summed E-state index contributed by atoms with van der Waals surface area (Å²) < 4.78 is 5.29. The summed E-state index contributed by atoms with van der Waals surface area (Å²) in [5.41, 5.74) is 1.29. The highest BCUT2D eigenvalue weighted by Crippen LogP contribution is 2.11. The number of amides is 4. The molecule has 0 saturated carbocycles. The van der Waals surface area contributed by atoms with Crippen LogP contribution >= 0.6 is 22.6 Å². The number of hydrogen-bond donors (Lipinski definition) is 4. The number of ketones is 1. The Morgan fingerprint density at radius 1 is 0.970 bits per heavy atom. The molecule has 0 heterocycles. The lowest BCUT2D eigenvalue weighted by Gasteiger charge is -2.24. The van der Waals surface area contributed by atoms with Crippen molar-refractivity contribution in [2.24, 2.45) is 5.92 Å². The Morgan fingerprint density at radius 2 is 1.61 bits per heavy atom. The van der Waals surface area contributed by atoms with Crippen molar-refractivity contribution in [3.05, 3.63) is 29.8 Å². The van der Waals surface area contributed by atoms with E-state index in [4.69, 9.17) is 4.74 Å². The molecule has 2 atom stereocenters. The molecule has 0 aliphatic carbocycles. The van der Waals surface area contributed by atoms with E-state index in [-0.39, 0.29) is 37.2 Å². The molecule has 0 radical (unpaired) electrons. The maximum atomic E-state index is 12.7. The van der Waals surface area contributed by atoms with Gasteiger partial charge in [-0.05, 0) is 30.5 Å². The van der Waals surface area contributed by atoms with Gasteiger partial charge in [0, 0.05) is 25.6 Å². The number of rotatable bonds is 12. The molecule has 0 unspecified atom stereocenters. The number of anilines is 1. The average molecular weight is 574 g/mol. The molecule has 1 rings (SSSR count). The normalized spacial score (nSPS) is 12.3. The van der Waals surface area contributed by atoms with Crippen molar-refractivity contribution in [1.29, 1.82) is 0 Å². The maximum Gasteiger partial charge on any atom is 0.315 e. The van der Waals surface area contributed by atoms with E-state index in [0.717, 1.165) is 5.56 Å². The minimum atomic E-state index is -0.860. The Morgan fingerprint density at radius 3 is 2.15 bits per heavy atom. The SMILES string of the molecule is CC(=O)OCc1ccc(NC(=O)[C@H](C)NC(=O)[C@@H](NC(=O)NCCC(=O)CI)C(C)C)cc1. The van der Waals surface area contributed by atoms with Gasteiger partial charge in [0.2, 0.25) is 11.8 Å². The number of halogens is 1. The van der Waals surface area contributed by atoms with E-state index in [2.05, 4.69) is 21.3 Å². The van der Waals surface area contributed by atoms with Crippen LogP contribution < -0.4 is 21.3 Å². The summed E-state index contributed by atoms with van der Waals surface area (Å²) >= 11 is 1.96. The van der Waals surface area contributed by atoms with Gasteiger partial charge < -0.3 is 26.0 Å². The van der Waals surface area contributed by atoms with E-state index >= 15 is 0 Å². The molecule has 0 bridgehead atoms. The first-order valence-corrected chi connectivity index (χ1v) is 12.0. The molecule has 0 fully saturated rings. The number of esters is 1. The Kier molecular flexibility index (Phi) is 12.4. The van der Waals surface area contributed by atoms with Gasteiger partial charge in [-0.3, -0.25) is 19.2 Å². The van der Waals surface area contributed by atoms with Crippen LogP contribution in [0.2, 0.25) is 0 Å². The monoisotopic (exact) mass is 574 g/mol. The summed E-state index contributed by atoms with van der Waals surface area (Å²) in [7, 11) is 0. The van der Waals surface area contributed by atoms with E-state index in [9.17, 15) is 24.0 Å². The van der Waals surface area contributed by atoms with E-state index in [1.165, 1.54) is 13.8 Å². The van der Waals surface area contributed by atoms with Gasteiger partial charge in [-0.2, -0.15) is 0 Å². The van der Waals surface area contributed by atoms with Crippen molar-refractivity contribution in [1.82, 2.24) is 16.0 Å².